The van der Waals surface area contributed by atoms with Crippen molar-refractivity contribution < 1.29 is 0 Å². The zero-order valence-corrected chi connectivity index (χ0v) is 14.4. The van der Waals surface area contributed by atoms with E-state index in [-0.39, 0.29) is 0 Å². The molecule has 2 rings (SSSR count). The first-order valence-electron chi connectivity index (χ1n) is 5.00. The van der Waals surface area contributed by atoms with Gasteiger partial charge in [0.2, 0.25) is 0 Å². The lowest BCUT2D eigenvalue weighted by Gasteiger charge is -2.07. The van der Waals surface area contributed by atoms with Crippen LogP contribution in [0.25, 0.3) is 0 Å². The molecule has 1 aromatic heterocycles. The van der Waals surface area contributed by atoms with Gasteiger partial charge in [-0.05, 0) is 69.7 Å². The smallest absolute Gasteiger partial charge is 0.0638 e. The molecule has 0 spiro atoms. The highest BCUT2D eigenvalue weighted by molar-refractivity contribution is 14.1. The molecule has 1 nitrogen and oxygen atoms in total. The maximum absolute atomic E-state index is 6.13. The minimum absolute atomic E-state index is 0.762. The van der Waals surface area contributed by atoms with E-state index < -0.39 is 0 Å². The van der Waals surface area contributed by atoms with E-state index in [4.69, 9.17) is 11.6 Å². The fourth-order valence-electron chi connectivity index (χ4n) is 1.42. The molecular formula is C12H10BrClINS. The SMILES string of the molecule is Cc1sc(CNc2cc(I)ccc2Cl)cc1Br. The van der Waals surface area contributed by atoms with Crippen LogP contribution in [0.15, 0.2) is 28.7 Å². The number of halogens is 3. The fraction of sp³-hybridized carbons (Fsp3) is 0.167. The second-order valence-electron chi connectivity index (χ2n) is 3.59. The second kappa shape index (κ2) is 5.91. The molecule has 0 aliphatic rings. The molecule has 5 heteroatoms. The van der Waals surface area contributed by atoms with Gasteiger partial charge in [-0.25, -0.2) is 0 Å². The van der Waals surface area contributed by atoms with Crippen LogP contribution in [0.2, 0.25) is 5.02 Å². The van der Waals surface area contributed by atoms with Gasteiger partial charge >= 0.3 is 0 Å². The first-order chi connectivity index (χ1) is 8.06. The van der Waals surface area contributed by atoms with Gasteiger partial charge < -0.3 is 5.32 Å². The minimum atomic E-state index is 0.762. The summed E-state index contributed by atoms with van der Waals surface area (Å²) in [7, 11) is 0. The second-order valence-corrected chi connectivity index (χ2v) is 7.44. The Morgan fingerprint density at radius 3 is 2.82 bits per heavy atom. The molecule has 17 heavy (non-hydrogen) atoms. The molecule has 0 bridgehead atoms. The van der Waals surface area contributed by atoms with Gasteiger partial charge in [-0.1, -0.05) is 11.6 Å². The number of benzene rings is 1. The third kappa shape index (κ3) is 3.59. The van der Waals surface area contributed by atoms with Crippen LogP contribution in [0.4, 0.5) is 5.69 Å². The number of nitrogens with one attached hydrogen (secondary N) is 1. The molecule has 0 radical (unpaired) electrons. The van der Waals surface area contributed by atoms with Crippen molar-refractivity contribution in [2.24, 2.45) is 0 Å². The number of hydrogen-bond acceptors (Lipinski definition) is 2. The van der Waals surface area contributed by atoms with Crippen LogP contribution in [-0.4, -0.2) is 0 Å². The standard InChI is InChI=1S/C12H10BrClINS/c1-7-10(13)5-9(17-7)6-16-12-4-8(15)2-3-11(12)14/h2-5,16H,6H2,1H3. The Kier molecular flexibility index (Phi) is 4.74. The third-order valence-electron chi connectivity index (χ3n) is 2.29. The van der Waals surface area contributed by atoms with E-state index in [1.54, 1.807) is 11.3 Å². The number of rotatable bonds is 3. The topological polar surface area (TPSA) is 12.0 Å². The molecule has 0 atom stereocenters. The van der Waals surface area contributed by atoms with Crippen molar-refractivity contribution in [1.29, 1.82) is 0 Å². The van der Waals surface area contributed by atoms with Gasteiger partial charge in [-0.15, -0.1) is 11.3 Å². The summed E-state index contributed by atoms with van der Waals surface area (Å²) in [4.78, 5) is 2.60. The summed E-state index contributed by atoms with van der Waals surface area (Å²) in [5, 5.41) is 4.13. The minimum Gasteiger partial charge on any atom is -0.379 e. The van der Waals surface area contributed by atoms with Crippen LogP contribution in [0.5, 0.6) is 0 Å². The lowest BCUT2D eigenvalue weighted by molar-refractivity contribution is 1.19. The zero-order chi connectivity index (χ0) is 12.4. The monoisotopic (exact) mass is 441 g/mol. The molecule has 0 amide bonds. The number of thiophene rings is 1. The predicted molar refractivity (Wildman–Crippen MR) is 88.3 cm³/mol. The van der Waals surface area contributed by atoms with Crippen LogP contribution in [0.3, 0.4) is 0 Å². The van der Waals surface area contributed by atoms with Crippen molar-refractivity contribution in [2.75, 3.05) is 5.32 Å². The largest absolute Gasteiger partial charge is 0.379 e. The van der Waals surface area contributed by atoms with E-state index in [0.717, 1.165) is 17.3 Å². The van der Waals surface area contributed by atoms with E-state index in [1.165, 1.54) is 17.8 Å². The van der Waals surface area contributed by atoms with E-state index in [0.29, 0.717) is 0 Å². The summed E-state index contributed by atoms with van der Waals surface area (Å²) >= 11 is 13.7. The Morgan fingerprint density at radius 2 is 2.18 bits per heavy atom. The van der Waals surface area contributed by atoms with Crippen molar-refractivity contribution in [3.8, 4) is 0 Å². The van der Waals surface area contributed by atoms with Crippen molar-refractivity contribution in [1.82, 2.24) is 0 Å². The number of hydrogen-bond donors (Lipinski definition) is 1. The summed E-state index contributed by atoms with van der Waals surface area (Å²) in [6.07, 6.45) is 0. The van der Waals surface area contributed by atoms with E-state index in [9.17, 15) is 0 Å². The molecule has 2 aromatic rings. The molecule has 0 saturated heterocycles. The Morgan fingerprint density at radius 1 is 1.41 bits per heavy atom. The summed E-state index contributed by atoms with van der Waals surface area (Å²) < 4.78 is 2.35. The molecule has 0 unspecified atom stereocenters. The summed E-state index contributed by atoms with van der Waals surface area (Å²) in [5.41, 5.74) is 0.987. The highest BCUT2D eigenvalue weighted by atomic mass is 127. The summed E-state index contributed by atoms with van der Waals surface area (Å²) in [6, 6.07) is 8.12. The van der Waals surface area contributed by atoms with Gasteiger partial charge in [0.25, 0.3) is 0 Å². The van der Waals surface area contributed by atoms with Gasteiger partial charge in [0.1, 0.15) is 0 Å². The van der Waals surface area contributed by atoms with E-state index >= 15 is 0 Å². The van der Waals surface area contributed by atoms with Gasteiger partial charge in [0.05, 0.1) is 10.7 Å². The fourth-order valence-corrected chi connectivity index (χ4v) is 3.64. The van der Waals surface area contributed by atoms with Gasteiger partial charge in [-0.3, -0.25) is 0 Å². The normalized spacial score (nSPS) is 10.6. The molecule has 90 valence electrons. The molecule has 1 heterocycles. The summed E-state index contributed by atoms with van der Waals surface area (Å²) in [5.74, 6) is 0. The van der Waals surface area contributed by atoms with Crippen molar-refractivity contribution in [2.45, 2.75) is 13.5 Å². The molecule has 0 aliphatic heterocycles. The summed E-state index contributed by atoms with van der Waals surface area (Å²) in [6.45, 7) is 2.91. The average molecular weight is 443 g/mol. The predicted octanol–water partition coefficient (Wildman–Crippen LogP) is 5.69. The van der Waals surface area contributed by atoms with Gasteiger partial charge in [0, 0.05) is 24.3 Å². The molecule has 1 aromatic carbocycles. The Bertz CT molecular complexity index is 522. The Hall–Kier alpha value is 0.220. The van der Waals surface area contributed by atoms with Crippen molar-refractivity contribution in [3.05, 3.63) is 47.1 Å². The zero-order valence-electron chi connectivity index (χ0n) is 9.06. The number of anilines is 1. The highest BCUT2D eigenvalue weighted by Gasteiger charge is 2.04. The number of aryl methyl sites for hydroxylation is 1. The lowest BCUT2D eigenvalue weighted by Crippen LogP contribution is -1.98. The van der Waals surface area contributed by atoms with Crippen molar-refractivity contribution >= 4 is 67.1 Å². The van der Waals surface area contributed by atoms with Crippen LogP contribution in [0, 0.1) is 10.5 Å². The van der Waals surface area contributed by atoms with Crippen LogP contribution in [-0.2, 0) is 6.54 Å². The highest BCUT2D eigenvalue weighted by Crippen LogP contribution is 2.28. The maximum atomic E-state index is 6.13. The maximum Gasteiger partial charge on any atom is 0.0638 e. The molecular weight excluding hydrogens is 432 g/mol. The van der Waals surface area contributed by atoms with Crippen LogP contribution >= 0.6 is 61.5 Å². The third-order valence-corrected chi connectivity index (χ3v) is 5.43. The molecule has 1 N–H and O–H groups in total. The van der Waals surface area contributed by atoms with E-state index in [1.807, 2.05) is 12.1 Å². The van der Waals surface area contributed by atoms with E-state index in [2.05, 4.69) is 62.9 Å². The van der Waals surface area contributed by atoms with Gasteiger partial charge in [0.15, 0.2) is 0 Å². The molecule has 0 aliphatic carbocycles. The van der Waals surface area contributed by atoms with Crippen LogP contribution in [0.1, 0.15) is 9.75 Å². The first-order valence-corrected chi connectivity index (χ1v) is 8.06. The first kappa shape index (κ1) is 13.6. The quantitative estimate of drug-likeness (QED) is 0.603. The molecule has 0 saturated carbocycles. The van der Waals surface area contributed by atoms with Gasteiger partial charge in [-0.2, -0.15) is 0 Å². The average Bonchev–Trinajstić information content (AvgIpc) is 2.60. The Balaban J connectivity index is 2.09. The van der Waals surface area contributed by atoms with Crippen LogP contribution < -0.4 is 5.32 Å². The lowest BCUT2D eigenvalue weighted by atomic mass is 10.3. The Labute approximate surface area is 132 Å². The van der Waals surface area contributed by atoms with Crippen molar-refractivity contribution in [3.63, 3.8) is 0 Å². The molecule has 0 fully saturated rings.